The summed E-state index contributed by atoms with van der Waals surface area (Å²) in [6.07, 6.45) is 0.841. The van der Waals surface area contributed by atoms with Crippen LogP contribution in [0, 0.1) is 0 Å². The SMILES string of the molecule is C[C@@H](O)[C@H](NC(=O)Cn1cc(NC(=O)OCC2c3ccccc3-c3ccccc32)cn1)C(=O)O. The van der Waals surface area contributed by atoms with Crippen molar-refractivity contribution in [3.05, 3.63) is 72.1 Å². The average Bonchev–Trinajstić information content (AvgIpc) is 3.37. The van der Waals surface area contributed by atoms with E-state index in [9.17, 15) is 19.5 Å². The van der Waals surface area contributed by atoms with Gasteiger partial charge >= 0.3 is 12.1 Å². The van der Waals surface area contributed by atoms with Gasteiger partial charge in [-0.25, -0.2) is 9.59 Å². The number of aliphatic hydroxyl groups excluding tert-OH is 1. The van der Waals surface area contributed by atoms with E-state index in [1.54, 1.807) is 0 Å². The van der Waals surface area contributed by atoms with E-state index in [0.717, 1.165) is 22.3 Å². The van der Waals surface area contributed by atoms with Gasteiger partial charge in [0.05, 0.1) is 18.0 Å². The molecule has 0 fully saturated rings. The Bertz CT molecular complexity index is 1180. The van der Waals surface area contributed by atoms with Gasteiger partial charge in [-0.3, -0.25) is 14.8 Å². The number of nitrogens with zero attached hydrogens (tertiary/aromatic N) is 2. The van der Waals surface area contributed by atoms with Crippen LogP contribution in [0.5, 0.6) is 0 Å². The highest BCUT2D eigenvalue weighted by Crippen LogP contribution is 2.44. The normalized spacial score (nSPS) is 13.9. The van der Waals surface area contributed by atoms with Gasteiger partial charge in [-0.05, 0) is 29.2 Å². The number of carbonyl (C=O) groups is 3. The Morgan fingerprint density at radius 3 is 2.29 bits per heavy atom. The van der Waals surface area contributed by atoms with Gasteiger partial charge in [0.15, 0.2) is 6.04 Å². The van der Waals surface area contributed by atoms with Crippen LogP contribution in [0.4, 0.5) is 10.5 Å². The molecule has 2 aromatic carbocycles. The average molecular weight is 464 g/mol. The van der Waals surface area contributed by atoms with Gasteiger partial charge in [0.2, 0.25) is 5.91 Å². The number of aliphatic carboxylic acids is 1. The first-order valence-corrected chi connectivity index (χ1v) is 10.7. The fourth-order valence-corrected chi connectivity index (χ4v) is 4.02. The standard InChI is InChI=1S/C24H24N4O6/c1-14(29)22(23(31)32)27-21(30)12-28-11-15(10-25-28)26-24(33)34-13-20-18-8-4-2-6-16(18)17-7-3-5-9-19(17)20/h2-11,14,20,22,29H,12-13H2,1H3,(H,26,33)(H,27,30)(H,31,32)/t14-,22+/m1/s1. The van der Waals surface area contributed by atoms with Crippen molar-refractivity contribution in [1.29, 1.82) is 0 Å². The number of anilines is 1. The third-order valence-electron chi connectivity index (χ3n) is 5.59. The van der Waals surface area contributed by atoms with Crippen LogP contribution in [0.15, 0.2) is 60.9 Å². The molecule has 4 rings (SSSR count). The Balaban J connectivity index is 1.33. The van der Waals surface area contributed by atoms with Crippen LogP contribution in [-0.4, -0.2) is 56.7 Å². The number of carboxylic acids is 1. The monoisotopic (exact) mass is 464 g/mol. The summed E-state index contributed by atoms with van der Waals surface area (Å²) in [6, 6.07) is 14.6. The Morgan fingerprint density at radius 2 is 1.71 bits per heavy atom. The van der Waals surface area contributed by atoms with E-state index < -0.39 is 30.1 Å². The summed E-state index contributed by atoms with van der Waals surface area (Å²) >= 11 is 0. The number of hydrogen-bond acceptors (Lipinski definition) is 6. The van der Waals surface area contributed by atoms with Crippen LogP contribution < -0.4 is 10.6 Å². The van der Waals surface area contributed by atoms with E-state index in [4.69, 9.17) is 9.84 Å². The number of ether oxygens (including phenoxy) is 1. The lowest BCUT2D eigenvalue weighted by atomic mass is 9.98. The smallest absolute Gasteiger partial charge is 0.411 e. The molecule has 3 aromatic rings. The summed E-state index contributed by atoms with van der Waals surface area (Å²) in [4.78, 5) is 35.5. The quantitative estimate of drug-likeness (QED) is 0.400. The lowest BCUT2D eigenvalue weighted by Crippen LogP contribution is -2.48. The highest BCUT2D eigenvalue weighted by atomic mass is 16.5. The Labute approximate surface area is 195 Å². The van der Waals surface area contributed by atoms with Gasteiger partial charge in [-0.15, -0.1) is 0 Å². The third-order valence-corrected chi connectivity index (χ3v) is 5.59. The lowest BCUT2D eigenvalue weighted by Gasteiger charge is -2.16. The van der Waals surface area contributed by atoms with E-state index in [2.05, 4.69) is 27.9 Å². The Hall–Kier alpha value is -4.18. The fourth-order valence-electron chi connectivity index (χ4n) is 4.02. The van der Waals surface area contributed by atoms with Crippen molar-refractivity contribution in [2.24, 2.45) is 0 Å². The van der Waals surface area contributed by atoms with Crippen LogP contribution in [0.25, 0.3) is 11.1 Å². The molecule has 1 aromatic heterocycles. The molecule has 2 atom stereocenters. The largest absolute Gasteiger partial charge is 0.480 e. The molecule has 0 saturated carbocycles. The highest BCUT2D eigenvalue weighted by Gasteiger charge is 2.29. The fraction of sp³-hybridized carbons (Fsp3) is 0.250. The first-order valence-electron chi connectivity index (χ1n) is 10.7. The number of nitrogens with one attached hydrogen (secondary N) is 2. The minimum absolute atomic E-state index is 0.0688. The van der Waals surface area contributed by atoms with Crippen molar-refractivity contribution < 1.29 is 29.3 Å². The Kier molecular flexibility index (Phi) is 6.60. The van der Waals surface area contributed by atoms with E-state index in [-0.39, 0.29) is 19.1 Å². The van der Waals surface area contributed by atoms with Crippen molar-refractivity contribution in [3.63, 3.8) is 0 Å². The molecule has 176 valence electrons. The van der Waals surface area contributed by atoms with Crippen molar-refractivity contribution in [2.45, 2.75) is 31.5 Å². The maximum absolute atomic E-state index is 12.4. The van der Waals surface area contributed by atoms with Gasteiger partial charge < -0.3 is 20.3 Å². The van der Waals surface area contributed by atoms with E-state index in [1.807, 2.05) is 36.4 Å². The van der Waals surface area contributed by atoms with Crippen LogP contribution in [0.1, 0.15) is 24.0 Å². The number of hydrogen-bond donors (Lipinski definition) is 4. The van der Waals surface area contributed by atoms with Gasteiger partial charge in [-0.2, -0.15) is 5.10 Å². The summed E-state index contributed by atoms with van der Waals surface area (Å²) in [7, 11) is 0. The summed E-state index contributed by atoms with van der Waals surface area (Å²) < 4.78 is 6.71. The van der Waals surface area contributed by atoms with Crippen LogP contribution in [0.3, 0.4) is 0 Å². The maximum atomic E-state index is 12.4. The van der Waals surface area contributed by atoms with Crippen LogP contribution in [0.2, 0.25) is 0 Å². The van der Waals surface area contributed by atoms with Gasteiger partial charge in [0, 0.05) is 12.1 Å². The maximum Gasteiger partial charge on any atom is 0.411 e. The molecule has 0 radical (unpaired) electrons. The zero-order valence-corrected chi connectivity index (χ0v) is 18.3. The number of carbonyl (C=O) groups excluding carboxylic acids is 2. The molecular formula is C24H24N4O6. The number of aromatic nitrogens is 2. The predicted molar refractivity (Wildman–Crippen MR) is 122 cm³/mol. The topological polar surface area (TPSA) is 143 Å². The second-order valence-electron chi connectivity index (χ2n) is 8.00. The zero-order chi connectivity index (χ0) is 24.2. The second kappa shape index (κ2) is 9.75. The number of amides is 2. The molecule has 1 heterocycles. The summed E-state index contributed by atoms with van der Waals surface area (Å²) in [5, 5.41) is 27.3. The molecule has 0 bridgehead atoms. The molecule has 4 N–H and O–H groups in total. The highest BCUT2D eigenvalue weighted by molar-refractivity contribution is 5.85. The molecule has 34 heavy (non-hydrogen) atoms. The van der Waals surface area contributed by atoms with Gasteiger partial charge in [-0.1, -0.05) is 48.5 Å². The second-order valence-corrected chi connectivity index (χ2v) is 8.00. The summed E-state index contributed by atoms with van der Waals surface area (Å²) in [5.41, 5.74) is 4.79. The molecule has 1 aliphatic rings. The van der Waals surface area contributed by atoms with E-state index in [0.29, 0.717) is 5.69 Å². The molecule has 0 aliphatic heterocycles. The first-order chi connectivity index (χ1) is 16.3. The molecule has 0 spiro atoms. The van der Waals surface area contributed by atoms with Crippen molar-refractivity contribution >= 4 is 23.7 Å². The van der Waals surface area contributed by atoms with Gasteiger partial charge in [0.25, 0.3) is 0 Å². The van der Waals surface area contributed by atoms with Crippen LogP contribution in [-0.2, 0) is 20.9 Å². The predicted octanol–water partition coefficient (Wildman–Crippen LogP) is 2.19. The van der Waals surface area contributed by atoms with E-state index in [1.165, 1.54) is 24.0 Å². The number of benzene rings is 2. The lowest BCUT2D eigenvalue weighted by molar-refractivity contribution is -0.144. The van der Waals surface area contributed by atoms with Crippen LogP contribution >= 0.6 is 0 Å². The zero-order valence-electron chi connectivity index (χ0n) is 18.3. The molecular weight excluding hydrogens is 440 g/mol. The third kappa shape index (κ3) is 4.91. The molecule has 0 unspecified atom stereocenters. The Morgan fingerprint density at radius 1 is 1.09 bits per heavy atom. The van der Waals surface area contributed by atoms with Crippen molar-refractivity contribution in [3.8, 4) is 11.1 Å². The van der Waals surface area contributed by atoms with Crippen molar-refractivity contribution in [2.75, 3.05) is 11.9 Å². The summed E-state index contributed by atoms with van der Waals surface area (Å²) in [6.45, 7) is 1.14. The molecule has 0 saturated heterocycles. The molecule has 2 amide bonds. The van der Waals surface area contributed by atoms with Gasteiger partial charge in [0.1, 0.15) is 13.2 Å². The molecule has 10 nitrogen and oxygen atoms in total. The minimum atomic E-state index is -1.43. The summed E-state index contributed by atoms with van der Waals surface area (Å²) in [5.74, 6) is -2.06. The molecule has 10 heteroatoms. The number of fused-ring (bicyclic) bond motifs is 3. The number of rotatable bonds is 8. The number of carboxylic acid groups (broad SMARTS) is 1. The first kappa shape index (κ1) is 23.0. The molecule has 1 aliphatic carbocycles. The van der Waals surface area contributed by atoms with E-state index >= 15 is 0 Å². The minimum Gasteiger partial charge on any atom is -0.480 e. The van der Waals surface area contributed by atoms with Crippen molar-refractivity contribution in [1.82, 2.24) is 15.1 Å². The number of aliphatic hydroxyl groups is 1.